The first-order valence-electron chi connectivity index (χ1n) is 5.73. The molecular formula is C15H10ClNO2. The number of rotatable bonds is 2. The van der Waals surface area contributed by atoms with Gasteiger partial charge in [-0.3, -0.25) is 4.79 Å². The minimum atomic E-state index is -0.231. The Hall–Kier alpha value is -2.26. The topological polar surface area (TPSA) is 56.2 Å². The van der Waals surface area contributed by atoms with Gasteiger partial charge in [0.2, 0.25) is 5.78 Å². The minimum Gasteiger partial charge on any atom is -0.453 e. The number of anilines is 1. The van der Waals surface area contributed by atoms with Gasteiger partial charge in [-0.05, 0) is 30.3 Å². The number of hydrogen-bond acceptors (Lipinski definition) is 3. The Kier molecular flexibility index (Phi) is 2.76. The largest absolute Gasteiger partial charge is 0.453 e. The van der Waals surface area contributed by atoms with E-state index in [0.717, 1.165) is 5.39 Å². The number of carbonyl (C=O) groups is 1. The van der Waals surface area contributed by atoms with E-state index in [9.17, 15) is 4.79 Å². The number of benzene rings is 2. The zero-order valence-electron chi connectivity index (χ0n) is 9.89. The second-order valence-electron chi connectivity index (χ2n) is 4.25. The summed E-state index contributed by atoms with van der Waals surface area (Å²) in [5.74, 6) is 0.0493. The van der Waals surface area contributed by atoms with Crippen LogP contribution in [0.3, 0.4) is 0 Å². The molecule has 0 radical (unpaired) electrons. The SMILES string of the molecule is Nc1cc(Cl)cc(C(=O)c2cc3ccccc3o2)c1. The summed E-state index contributed by atoms with van der Waals surface area (Å²) in [6.45, 7) is 0. The first kappa shape index (κ1) is 11.8. The third-order valence-corrected chi connectivity index (χ3v) is 3.05. The molecule has 3 aromatic rings. The predicted octanol–water partition coefficient (Wildman–Crippen LogP) is 3.90. The number of nitrogens with two attached hydrogens (primary N) is 1. The van der Waals surface area contributed by atoms with E-state index in [2.05, 4.69) is 0 Å². The number of ketones is 1. The van der Waals surface area contributed by atoms with Crippen LogP contribution >= 0.6 is 11.6 Å². The molecule has 0 saturated carbocycles. The van der Waals surface area contributed by atoms with Gasteiger partial charge in [0, 0.05) is 21.7 Å². The molecule has 0 amide bonds. The number of nitrogen functional groups attached to an aromatic ring is 1. The van der Waals surface area contributed by atoms with Crippen molar-refractivity contribution in [2.24, 2.45) is 0 Å². The number of hydrogen-bond donors (Lipinski definition) is 1. The van der Waals surface area contributed by atoms with Gasteiger partial charge < -0.3 is 10.2 Å². The fourth-order valence-electron chi connectivity index (χ4n) is 1.98. The number of para-hydroxylation sites is 1. The van der Waals surface area contributed by atoms with Crippen molar-refractivity contribution in [3.05, 3.63) is 64.9 Å². The molecule has 0 aliphatic rings. The van der Waals surface area contributed by atoms with Crippen LogP contribution in [0.15, 0.2) is 52.9 Å². The lowest BCUT2D eigenvalue weighted by molar-refractivity contribution is 0.101. The van der Waals surface area contributed by atoms with Crippen LogP contribution in [-0.2, 0) is 0 Å². The summed E-state index contributed by atoms with van der Waals surface area (Å²) >= 11 is 5.90. The number of furan rings is 1. The molecule has 0 spiro atoms. The van der Waals surface area contributed by atoms with Gasteiger partial charge >= 0.3 is 0 Å². The highest BCUT2D eigenvalue weighted by atomic mass is 35.5. The maximum Gasteiger partial charge on any atom is 0.228 e. The summed E-state index contributed by atoms with van der Waals surface area (Å²) < 4.78 is 5.53. The lowest BCUT2D eigenvalue weighted by Gasteiger charge is -2.00. The van der Waals surface area contributed by atoms with Crippen molar-refractivity contribution >= 4 is 34.0 Å². The third-order valence-electron chi connectivity index (χ3n) is 2.83. The Balaban J connectivity index is 2.07. The van der Waals surface area contributed by atoms with Gasteiger partial charge in [0.1, 0.15) is 5.58 Å². The fourth-order valence-corrected chi connectivity index (χ4v) is 2.22. The van der Waals surface area contributed by atoms with Crippen LogP contribution in [0, 0.1) is 0 Å². The molecule has 2 aromatic carbocycles. The Labute approximate surface area is 114 Å². The highest BCUT2D eigenvalue weighted by molar-refractivity contribution is 6.31. The van der Waals surface area contributed by atoms with Gasteiger partial charge in [0.15, 0.2) is 5.76 Å². The van der Waals surface area contributed by atoms with E-state index in [1.165, 1.54) is 0 Å². The molecule has 0 aliphatic heterocycles. The minimum absolute atomic E-state index is 0.231. The average Bonchev–Trinajstić information content (AvgIpc) is 2.80. The van der Waals surface area contributed by atoms with Gasteiger partial charge in [-0.2, -0.15) is 0 Å². The highest BCUT2D eigenvalue weighted by Gasteiger charge is 2.15. The van der Waals surface area contributed by atoms with Gasteiger partial charge in [-0.25, -0.2) is 0 Å². The lowest BCUT2D eigenvalue weighted by atomic mass is 10.1. The maximum atomic E-state index is 12.3. The van der Waals surface area contributed by atoms with Gasteiger partial charge in [-0.1, -0.05) is 29.8 Å². The summed E-state index contributed by atoms with van der Waals surface area (Å²) in [5.41, 5.74) is 7.24. The van der Waals surface area contributed by atoms with E-state index in [-0.39, 0.29) is 11.5 Å². The van der Waals surface area contributed by atoms with Crippen molar-refractivity contribution in [2.45, 2.75) is 0 Å². The molecule has 3 rings (SSSR count). The van der Waals surface area contributed by atoms with Crippen LogP contribution in [0.1, 0.15) is 16.1 Å². The van der Waals surface area contributed by atoms with Crippen molar-refractivity contribution in [3.8, 4) is 0 Å². The first-order valence-corrected chi connectivity index (χ1v) is 6.10. The normalized spacial score (nSPS) is 10.8. The van der Waals surface area contributed by atoms with Crippen molar-refractivity contribution in [2.75, 3.05) is 5.73 Å². The van der Waals surface area contributed by atoms with E-state index >= 15 is 0 Å². The molecule has 3 nitrogen and oxygen atoms in total. The van der Waals surface area contributed by atoms with Gasteiger partial charge in [0.05, 0.1) is 0 Å². The second kappa shape index (κ2) is 4.44. The van der Waals surface area contributed by atoms with E-state index in [0.29, 0.717) is 21.9 Å². The molecule has 0 fully saturated rings. The molecule has 0 aliphatic carbocycles. The molecule has 19 heavy (non-hydrogen) atoms. The van der Waals surface area contributed by atoms with Crippen LogP contribution in [0.4, 0.5) is 5.69 Å². The summed E-state index contributed by atoms with van der Waals surface area (Å²) in [4.78, 5) is 12.3. The van der Waals surface area contributed by atoms with Crippen LogP contribution in [0.5, 0.6) is 0 Å². The highest BCUT2D eigenvalue weighted by Crippen LogP contribution is 2.23. The number of carbonyl (C=O) groups excluding carboxylic acids is 1. The standard InChI is InChI=1S/C15H10ClNO2/c16-11-5-10(6-12(17)8-11)15(18)14-7-9-3-1-2-4-13(9)19-14/h1-8H,17H2. The van der Waals surface area contributed by atoms with Crippen LogP contribution in [0.2, 0.25) is 5.02 Å². The monoisotopic (exact) mass is 271 g/mol. The van der Waals surface area contributed by atoms with Gasteiger partial charge in [-0.15, -0.1) is 0 Å². The first-order chi connectivity index (χ1) is 9.13. The summed E-state index contributed by atoms with van der Waals surface area (Å²) in [7, 11) is 0. The molecule has 4 heteroatoms. The van der Waals surface area contributed by atoms with Gasteiger partial charge in [0.25, 0.3) is 0 Å². The molecule has 0 saturated heterocycles. The zero-order chi connectivity index (χ0) is 13.4. The Morgan fingerprint density at radius 1 is 1.11 bits per heavy atom. The second-order valence-corrected chi connectivity index (χ2v) is 4.69. The summed E-state index contributed by atoms with van der Waals surface area (Å²) in [6.07, 6.45) is 0. The van der Waals surface area contributed by atoms with E-state index < -0.39 is 0 Å². The van der Waals surface area contributed by atoms with Crippen LogP contribution < -0.4 is 5.73 Å². The molecule has 0 atom stereocenters. The van der Waals surface area contributed by atoms with Crippen LogP contribution in [-0.4, -0.2) is 5.78 Å². The molecule has 94 valence electrons. The van der Waals surface area contributed by atoms with Crippen molar-refractivity contribution in [1.82, 2.24) is 0 Å². The molecule has 0 bridgehead atoms. The fraction of sp³-hybridized carbons (Fsp3) is 0. The lowest BCUT2D eigenvalue weighted by Crippen LogP contribution is -2.00. The van der Waals surface area contributed by atoms with Crippen molar-refractivity contribution < 1.29 is 9.21 Å². The molecule has 2 N–H and O–H groups in total. The van der Waals surface area contributed by atoms with E-state index in [4.69, 9.17) is 21.8 Å². The zero-order valence-corrected chi connectivity index (χ0v) is 10.6. The van der Waals surface area contributed by atoms with Crippen molar-refractivity contribution in [3.63, 3.8) is 0 Å². The quantitative estimate of drug-likeness (QED) is 0.568. The average molecular weight is 272 g/mol. The predicted molar refractivity (Wildman–Crippen MR) is 75.5 cm³/mol. The number of fused-ring (bicyclic) bond motifs is 1. The third kappa shape index (κ3) is 2.20. The molecule has 1 heterocycles. The number of halogens is 1. The smallest absolute Gasteiger partial charge is 0.228 e. The summed E-state index contributed by atoms with van der Waals surface area (Å²) in [5, 5.41) is 1.32. The Morgan fingerprint density at radius 2 is 1.89 bits per heavy atom. The van der Waals surface area contributed by atoms with E-state index in [1.807, 2.05) is 24.3 Å². The Morgan fingerprint density at radius 3 is 2.63 bits per heavy atom. The molecular weight excluding hydrogens is 262 g/mol. The summed E-state index contributed by atoms with van der Waals surface area (Å²) in [6, 6.07) is 13.9. The molecule has 1 aromatic heterocycles. The Bertz CT molecular complexity index is 723. The van der Waals surface area contributed by atoms with Crippen molar-refractivity contribution in [1.29, 1.82) is 0 Å². The van der Waals surface area contributed by atoms with E-state index in [1.54, 1.807) is 24.3 Å². The molecule has 0 unspecified atom stereocenters. The maximum absolute atomic E-state index is 12.3. The van der Waals surface area contributed by atoms with Crippen LogP contribution in [0.25, 0.3) is 11.0 Å².